The molecule has 4 heteroatoms. The zero-order valence-corrected chi connectivity index (χ0v) is 12.9. The van der Waals surface area contributed by atoms with Gasteiger partial charge in [-0.25, -0.2) is 4.79 Å². The van der Waals surface area contributed by atoms with Crippen molar-refractivity contribution in [1.82, 2.24) is 4.90 Å². The standard InChI is InChI=1S/C18H22N2O2/c1-20(13-12-16-8-4-2-5-9-16)14-15-22-18(21)19-17-10-6-3-7-11-17/h2-11H,12-15H2,1H3,(H,19,21). The molecule has 4 nitrogen and oxygen atoms in total. The normalized spacial score (nSPS) is 10.5. The Kier molecular flexibility index (Phi) is 6.45. The van der Waals surface area contributed by atoms with E-state index in [1.165, 1.54) is 5.56 Å². The van der Waals surface area contributed by atoms with Gasteiger partial charge in [-0.2, -0.15) is 0 Å². The molecule has 2 aromatic carbocycles. The number of nitrogens with zero attached hydrogens (tertiary/aromatic N) is 1. The minimum Gasteiger partial charge on any atom is -0.448 e. The van der Waals surface area contributed by atoms with Crippen molar-refractivity contribution in [3.05, 3.63) is 66.2 Å². The van der Waals surface area contributed by atoms with Crippen molar-refractivity contribution in [3.8, 4) is 0 Å². The SMILES string of the molecule is CN(CCOC(=O)Nc1ccccc1)CCc1ccccc1. The summed E-state index contributed by atoms with van der Waals surface area (Å²) in [5.41, 5.74) is 2.06. The smallest absolute Gasteiger partial charge is 0.411 e. The number of amides is 1. The minimum absolute atomic E-state index is 0.379. The van der Waals surface area contributed by atoms with Crippen molar-refractivity contribution in [2.24, 2.45) is 0 Å². The van der Waals surface area contributed by atoms with Crippen LogP contribution in [0.3, 0.4) is 0 Å². The highest BCUT2D eigenvalue weighted by Crippen LogP contribution is 2.05. The number of rotatable bonds is 7. The molecule has 0 saturated carbocycles. The highest BCUT2D eigenvalue weighted by atomic mass is 16.5. The predicted octanol–water partition coefficient (Wildman–Crippen LogP) is 3.41. The summed E-state index contributed by atoms with van der Waals surface area (Å²) in [6.45, 7) is 2.03. The number of para-hydroxylation sites is 1. The van der Waals surface area contributed by atoms with Gasteiger partial charge < -0.3 is 9.64 Å². The molecule has 0 aliphatic heterocycles. The van der Waals surface area contributed by atoms with E-state index in [-0.39, 0.29) is 0 Å². The van der Waals surface area contributed by atoms with E-state index < -0.39 is 6.09 Å². The zero-order valence-electron chi connectivity index (χ0n) is 12.9. The molecule has 1 amide bonds. The molecule has 22 heavy (non-hydrogen) atoms. The molecule has 0 aliphatic rings. The lowest BCUT2D eigenvalue weighted by molar-refractivity contribution is 0.146. The highest BCUT2D eigenvalue weighted by Gasteiger charge is 2.04. The first-order valence-corrected chi connectivity index (χ1v) is 7.45. The topological polar surface area (TPSA) is 41.6 Å². The highest BCUT2D eigenvalue weighted by molar-refractivity contribution is 5.84. The zero-order chi connectivity index (χ0) is 15.6. The summed E-state index contributed by atoms with van der Waals surface area (Å²) < 4.78 is 5.18. The molecule has 1 N–H and O–H groups in total. The van der Waals surface area contributed by atoms with E-state index in [4.69, 9.17) is 4.74 Å². The Hall–Kier alpha value is -2.33. The summed E-state index contributed by atoms with van der Waals surface area (Å²) in [5, 5.41) is 2.69. The average Bonchev–Trinajstić information content (AvgIpc) is 2.55. The number of ether oxygens (including phenoxy) is 1. The summed E-state index contributed by atoms with van der Waals surface area (Å²) in [4.78, 5) is 13.8. The van der Waals surface area contributed by atoms with Gasteiger partial charge in [-0.3, -0.25) is 5.32 Å². The number of likely N-dealkylation sites (N-methyl/N-ethyl adjacent to an activating group) is 1. The quantitative estimate of drug-likeness (QED) is 0.851. The van der Waals surface area contributed by atoms with E-state index in [9.17, 15) is 4.79 Å². The van der Waals surface area contributed by atoms with Crippen molar-refractivity contribution in [2.45, 2.75) is 6.42 Å². The Morgan fingerprint density at radius 2 is 1.64 bits per heavy atom. The molecule has 0 saturated heterocycles. The maximum atomic E-state index is 11.6. The van der Waals surface area contributed by atoms with Gasteiger partial charge >= 0.3 is 6.09 Å². The summed E-state index contributed by atoms with van der Waals surface area (Å²) in [7, 11) is 2.03. The molecule has 0 radical (unpaired) electrons. The van der Waals surface area contributed by atoms with Crippen LogP contribution >= 0.6 is 0 Å². The fourth-order valence-electron chi connectivity index (χ4n) is 2.05. The van der Waals surface area contributed by atoms with E-state index >= 15 is 0 Å². The Balaban J connectivity index is 1.60. The van der Waals surface area contributed by atoms with Gasteiger partial charge in [0.15, 0.2) is 0 Å². The second-order valence-corrected chi connectivity index (χ2v) is 5.17. The lowest BCUT2D eigenvalue weighted by atomic mass is 10.1. The van der Waals surface area contributed by atoms with E-state index in [0.29, 0.717) is 6.61 Å². The van der Waals surface area contributed by atoms with Gasteiger partial charge in [0.2, 0.25) is 0 Å². The molecule has 116 valence electrons. The molecule has 2 aromatic rings. The van der Waals surface area contributed by atoms with Crippen LogP contribution in [0.4, 0.5) is 10.5 Å². The first-order chi connectivity index (χ1) is 10.7. The summed E-state index contributed by atoms with van der Waals surface area (Å²) in [6, 6.07) is 19.7. The van der Waals surface area contributed by atoms with Crippen molar-refractivity contribution < 1.29 is 9.53 Å². The number of benzene rings is 2. The van der Waals surface area contributed by atoms with Crippen LogP contribution in [0.2, 0.25) is 0 Å². The van der Waals surface area contributed by atoms with E-state index in [1.54, 1.807) is 0 Å². The third-order valence-corrected chi connectivity index (χ3v) is 3.35. The predicted molar refractivity (Wildman–Crippen MR) is 89.1 cm³/mol. The number of carbonyl (C=O) groups is 1. The van der Waals surface area contributed by atoms with Gasteiger partial charge in [-0.15, -0.1) is 0 Å². The summed E-state index contributed by atoms with van der Waals surface area (Å²) in [6.07, 6.45) is 0.579. The molecule has 0 unspecified atom stereocenters. The summed E-state index contributed by atoms with van der Waals surface area (Å²) >= 11 is 0. The molecule has 0 spiro atoms. The number of nitrogens with one attached hydrogen (secondary N) is 1. The van der Waals surface area contributed by atoms with E-state index in [0.717, 1.165) is 25.2 Å². The number of anilines is 1. The van der Waals surface area contributed by atoms with E-state index in [2.05, 4.69) is 22.3 Å². The monoisotopic (exact) mass is 298 g/mol. The fourth-order valence-corrected chi connectivity index (χ4v) is 2.05. The molecular weight excluding hydrogens is 276 g/mol. The molecule has 2 rings (SSSR count). The van der Waals surface area contributed by atoms with Crippen LogP contribution in [-0.4, -0.2) is 37.7 Å². The van der Waals surface area contributed by atoms with Crippen molar-refractivity contribution >= 4 is 11.8 Å². The average molecular weight is 298 g/mol. The second-order valence-electron chi connectivity index (χ2n) is 5.17. The first kappa shape index (κ1) is 16.0. The maximum Gasteiger partial charge on any atom is 0.411 e. The van der Waals surface area contributed by atoms with Crippen LogP contribution in [0, 0.1) is 0 Å². The van der Waals surface area contributed by atoms with Gasteiger partial charge in [0.05, 0.1) is 0 Å². The number of carbonyl (C=O) groups excluding carboxylic acids is 1. The number of hydrogen-bond donors (Lipinski definition) is 1. The molecule has 0 fully saturated rings. The van der Waals surface area contributed by atoms with Gasteiger partial charge in [0.1, 0.15) is 6.61 Å². The second kappa shape index (κ2) is 8.85. The Bertz CT molecular complexity index is 558. The van der Waals surface area contributed by atoms with Crippen LogP contribution in [0.1, 0.15) is 5.56 Å². The van der Waals surface area contributed by atoms with E-state index in [1.807, 2.05) is 55.6 Å². The Morgan fingerprint density at radius 1 is 1.00 bits per heavy atom. The third-order valence-electron chi connectivity index (χ3n) is 3.35. The number of hydrogen-bond acceptors (Lipinski definition) is 3. The van der Waals surface area contributed by atoms with Gasteiger partial charge in [-0.05, 0) is 31.2 Å². The third kappa shape index (κ3) is 5.97. The van der Waals surface area contributed by atoms with Gasteiger partial charge in [0, 0.05) is 18.8 Å². The fraction of sp³-hybridized carbons (Fsp3) is 0.278. The maximum absolute atomic E-state index is 11.6. The summed E-state index contributed by atoms with van der Waals surface area (Å²) in [5.74, 6) is 0. The van der Waals surface area contributed by atoms with Crippen LogP contribution < -0.4 is 5.32 Å². The molecule has 0 atom stereocenters. The molecule has 0 heterocycles. The Labute approximate surface area is 131 Å². The van der Waals surface area contributed by atoms with Crippen LogP contribution in [0.5, 0.6) is 0 Å². The van der Waals surface area contributed by atoms with Crippen LogP contribution in [-0.2, 0) is 11.2 Å². The van der Waals surface area contributed by atoms with Crippen molar-refractivity contribution in [1.29, 1.82) is 0 Å². The molecule has 0 aromatic heterocycles. The lowest BCUT2D eigenvalue weighted by Gasteiger charge is -2.16. The van der Waals surface area contributed by atoms with Crippen molar-refractivity contribution in [2.75, 3.05) is 32.1 Å². The van der Waals surface area contributed by atoms with Crippen LogP contribution in [0.25, 0.3) is 0 Å². The minimum atomic E-state index is -0.414. The van der Waals surface area contributed by atoms with Gasteiger partial charge in [-0.1, -0.05) is 48.5 Å². The van der Waals surface area contributed by atoms with Gasteiger partial charge in [0.25, 0.3) is 0 Å². The molecule has 0 aliphatic carbocycles. The van der Waals surface area contributed by atoms with Crippen LogP contribution in [0.15, 0.2) is 60.7 Å². The largest absolute Gasteiger partial charge is 0.448 e. The first-order valence-electron chi connectivity index (χ1n) is 7.45. The van der Waals surface area contributed by atoms with Crippen molar-refractivity contribution in [3.63, 3.8) is 0 Å². The molecular formula is C18H22N2O2. The molecule has 0 bridgehead atoms. The Morgan fingerprint density at radius 3 is 2.32 bits per heavy atom. The lowest BCUT2D eigenvalue weighted by Crippen LogP contribution is -2.27.